The minimum Gasteiger partial charge on any atom is -0.258 e. The van der Waals surface area contributed by atoms with Crippen molar-refractivity contribution in [2.75, 3.05) is 0 Å². The number of hydrogen-bond acceptors (Lipinski definition) is 2. The Bertz CT molecular complexity index is 481. The van der Waals surface area contributed by atoms with E-state index in [2.05, 4.69) is 26.8 Å². The number of hydrogen-bond donors (Lipinski definition) is 0. The van der Waals surface area contributed by atoms with Crippen LogP contribution in [0.15, 0.2) is 23.8 Å². The summed E-state index contributed by atoms with van der Waals surface area (Å²) in [7, 11) is 0. The lowest BCUT2D eigenvalue weighted by molar-refractivity contribution is -0.384. The summed E-state index contributed by atoms with van der Waals surface area (Å²) in [4.78, 5) is 10.3. The van der Waals surface area contributed by atoms with Gasteiger partial charge in [0.1, 0.15) is 0 Å². The van der Waals surface area contributed by atoms with Gasteiger partial charge in [-0.05, 0) is 29.0 Å². The van der Waals surface area contributed by atoms with Crippen LogP contribution in [-0.4, -0.2) is 4.92 Å². The molecule has 0 aromatic heterocycles. The van der Waals surface area contributed by atoms with E-state index in [1.807, 2.05) is 6.07 Å². The van der Waals surface area contributed by atoms with E-state index in [0.717, 1.165) is 17.5 Å². The molecule has 2 rings (SSSR count). The fraction of sp³-hybridized carbons (Fsp3) is 0.385. The van der Waals surface area contributed by atoms with Crippen molar-refractivity contribution in [2.24, 2.45) is 5.41 Å². The monoisotopic (exact) mass is 217 g/mol. The normalized spacial score (nSPS) is 14.6. The van der Waals surface area contributed by atoms with Crippen LogP contribution in [0.2, 0.25) is 0 Å². The highest BCUT2D eigenvalue weighted by molar-refractivity contribution is 5.66. The van der Waals surface area contributed by atoms with E-state index in [1.54, 1.807) is 12.1 Å². The van der Waals surface area contributed by atoms with Gasteiger partial charge in [-0.25, -0.2) is 0 Å². The predicted molar refractivity (Wildman–Crippen MR) is 64.2 cm³/mol. The Morgan fingerprint density at radius 2 is 2.00 bits per heavy atom. The first-order valence-electron chi connectivity index (χ1n) is 5.36. The van der Waals surface area contributed by atoms with Crippen LogP contribution in [0.25, 0.3) is 6.08 Å². The molecule has 1 aromatic rings. The lowest BCUT2D eigenvalue weighted by atomic mass is 9.85. The molecule has 3 heteroatoms. The first kappa shape index (κ1) is 10.9. The van der Waals surface area contributed by atoms with Gasteiger partial charge in [0.25, 0.3) is 5.69 Å². The molecular weight excluding hydrogens is 202 g/mol. The maximum atomic E-state index is 10.7. The number of non-ortho nitro benzene ring substituents is 1. The number of nitrogens with zero attached hydrogens (tertiary/aromatic N) is 1. The molecule has 0 N–H and O–H groups in total. The van der Waals surface area contributed by atoms with Crippen LogP contribution < -0.4 is 0 Å². The zero-order valence-corrected chi connectivity index (χ0v) is 9.78. The summed E-state index contributed by atoms with van der Waals surface area (Å²) in [5.74, 6) is 0. The van der Waals surface area contributed by atoms with E-state index in [9.17, 15) is 10.1 Å². The molecule has 0 radical (unpaired) electrons. The summed E-state index contributed by atoms with van der Waals surface area (Å²) in [6.07, 6.45) is 2.99. The molecule has 84 valence electrons. The molecule has 1 aliphatic carbocycles. The van der Waals surface area contributed by atoms with E-state index >= 15 is 0 Å². The Morgan fingerprint density at radius 1 is 1.31 bits per heavy atom. The fourth-order valence-corrected chi connectivity index (χ4v) is 1.93. The highest BCUT2D eigenvalue weighted by Crippen LogP contribution is 2.37. The summed E-state index contributed by atoms with van der Waals surface area (Å²) >= 11 is 0. The molecule has 0 aliphatic heterocycles. The fourth-order valence-electron chi connectivity index (χ4n) is 1.93. The maximum Gasteiger partial charge on any atom is 0.269 e. The predicted octanol–water partition coefficient (Wildman–Crippen LogP) is 3.58. The number of allylic oxidation sites excluding steroid dienone is 1. The first-order chi connectivity index (χ1) is 7.38. The van der Waals surface area contributed by atoms with Gasteiger partial charge in [-0.2, -0.15) is 0 Å². The van der Waals surface area contributed by atoms with Crippen molar-refractivity contribution in [3.8, 4) is 0 Å². The van der Waals surface area contributed by atoms with Gasteiger partial charge in [-0.1, -0.05) is 32.4 Å². The summed E-state index contributed by atoms with van der Waals surface area (Å²) in [6.45, 7) is 6.50. The molecule has 1 aromatic carbocycles. The van der Waals surface area contributed by atoms with E-state index in [-0.39, 0.29) is 16.0 Å². The largest absolute Gasteiger partial charge is 0.269 e. The average molecular weight is 217 g/mol. The Morgan fingerprint density at radius 3 is 2.56 bits per heavy atom. The number of nitro groups is 1. The van der Waals surface area contributed by atoms with Crippen LogP contribution in [0.5, 0.6) is 0 Å². The van der Waals surface area contributed by atoms with Crippen LogP contribution >= 0.6 is 0 Å². The zero-order valence-electron chi connectivity index (χ0n) is 9.78. The van der Waals surface area contributed by atoms with Gasteiger partial charge >= 0.3 is 0 Å². The molecule has 0 saturated heterocycles. The number of rotatable bonds is 1. The van der Waals surface area contributed by atoms with Gasteiger partial charge in [-0.3, -0.25) is 10.1 Å². The molecule has 16 heavy (non-hydrogen) atoms. The Balaban J connectivity index is 2.36. The molecule has 0 unspecified atom stereocenters. The lowest BCUT2D eigenvalue weighted by Gasteiger charge is -2.19. The molecule has 0 atom stereocenters. The smallest absolute Gasteiger partial charge is 0.258 e. The highest BCUT2D eigenvalue weighted by atomic mass is 16.6. The van der Waals surface area contributed by atoms with E-state index in [4.69, 9.17) is 0 Å². The van der Waals surface area contributed by atoms with Crippen molar-refractivity contribution >= 4 is 11.8 Å². The Kier molecular flexibility index (Phi) is 2.34. The summed E-state index contributed by atoms with van der Waals surface area (Å²) in [5.41, 5.74) is 3.84. The van der Waals surface area contributed by atoms with Gasteiger partial charge in [0, 0.05) is 12.1 Å². The van der Waals surface area contributed by atoms with E-state index in [1.165, 1.54) is 5.57 Å². The van der Waals surface area contributed by atoms with Crippen LogP contribution in [-0.2, 0) is 6.42 Å². The number of nitro benzene ring substituents is 1. The van der Waals surface area contributed by atoms with Crippen molar-refractivity contribution in [2.45, 2.75) is 27.2 Å². The zero-order chi connectivity index (χ0) is 11.9. The van der Waals surface area contributed by atoms with Crippen molar-refractivity contribution in [3.63, 3.8) is 0 Å². The lowest BCUT2D eigenvalue weighted by Crippen LogP contribution is -2.08. The summed E-state index contributed by atoms with van der Waals surface area (Å²) < 4.78 is 0. The van der Waals surface area contributed by atoms with Crippen LogP contribution in [0, 0.1) is 15.5 Å². The second-order valence-electron chi connectivity index (χ2n) is 5.24. The van der Waals surface area contributed by atoms with E-state index in [0.29, 0.717) is 0 Å². The third kappa shape index (κ3) is 1.85. The molecule has 0 spiro atoms. The summed E-state index contributed by atoms with van der Waals surface area (Å²) in [6, 6.07) is 5.09. The molecule has 1 aliphatic rings. The first-order valence-corrected chi connectivity index (χ1v) is 5.36. The standard InChI is InChI=1S/C13H15NO2/c1-13(2,3)11-6-9-4-5-12(14(15)16)8-10(9)7-11/h4-6,8H,7H2,1-3H3. The van der Waals surface area contributed by atoms with Gasteiger partial charge < -0.3 is 0 Å². The maximum absolute atomic E-state index is 10.7. The topological polar surface area (TPSA) is 43.1 Å². The second-order valence-corrected chi connectivity index (χ2v) is 5.24. The SMILES string of the molecule is CC(C)(C)C1=Cc2ccc([N+](=O)[O-])cc2C1. The third-order valence-electron chi connectivity index (χ3n) is 3.01. The quantitative estimate of drug-likeness (QED) is 0.533. The third-order valence-corrected chi connectivity index (χ3v) is 3.01. The van der Waals surface area contributed by atoms with Crippen LogP contribution in [0.3, 0.4) is 0 Å². The molecule has 0 saturated carbocycles. The molecule has 0 fully saturated rings. The van der Waals surface area contributed by atoms with Crippen molar-refractivity contribution in [1.82, 2.24) is 0 Å². The number of fused-ring (bicyclic) bond motifs is 1. The number of benzene rings is 1. The molecular formula is C13H15NO2. The van der Waals surface area contributed by atoms with Crippen molar-refractivity contribution < 1.29 is 4.92 Å². The van der Waals surface area contributed by atoms with Gasteiger partial charge in [0.15, 0.2) is 0 Å². The minimum absolute atomic E-state index is 0.133. The van der Waals surface area contributed by atoms with Crippen molar-refractivity contribution in [3.05, 3.63) is 45.0 Å². The van der Waals surface area contributed by atoms with Crippen LogP contribution in [0.1, 0.15) is 31.9 Å². The second kappa shape index (κ2) is 3.44. The molecule has 3 nitrogen and oxygen atoms in total. The van der Waals surface area contributed by atoms with Gasteiger partial charge in [0.05, 0.1) is 4.92 Å². The molecule has 0 amide bonds. The Hall–Kier alpha value is -1.64. The van der Waals surface area contributed by atoms with Gasteiger partial charge in [-0.15, -0.1) is 0 Å². The van der Waals surface area contributed by atoms with Crippen LogP contribution in [0.4, 0.5) is 5.69 Å². The Labute approximate surface area is 94.9 Å². The van der Waals surface area contributed by atoms with Crippen molar-refractivity contribution in [1.29, 1.82) is 0 Å². The average Bonchev–Trinajstić information content (AvgIpc) is 2.58. The molecule has 0 bridgehead atoms. The molecule has 0 heterocycles. The highest BCUT2D eigenvalue weighted by Gasteiger charge is 2.24. The minimum atomic E-state index is -0.338. The van der Waals surface area contributed by atoms with E-state index < -0.39 is 0 Å². The summed E-state index contributed by atoms with van der Waals surface area (Å²) in [5, 5.41) is 10.7. The van der Waals surface area contributed by atoms with Gasteiger partial charge in [0.2, 0.25) is 0 Å².